The number of piperidine rings is 2. The van der Waals surface area contributed by atoms with Crippen molar-refractivity contribution >= 4 is 64.0 Å². The molecule has 2 aromatic carbocycles. The normalized spacial score (nSPS) is 18.8. The van der Waals surface area contributed by atoms with Crippen molar-refractivity contribution in [2.24, 2.45) is 5.41 Å². The highest BCUT2D eigenvalue weighted by atomic mass is 19.4. The highest BCUT2D eigenvalue weighted by Crippen LogP contribution is 2.42. The molecular formula is C54H63F3N12O6. The third-order valence-electron chi connectivity index (χ3n) is 15.3. The van der Waals surface area contributed by atoms with Gasteiger partial charge in [-0.2, -0.15) is 18.3 Å². The van der Waals surface area contributed by atoms with E-state index < -0.39 is 29.9 Å². The number of nitrogens with zero attached hydrogens (tertiary/aromatic N) is 7. The van der Waals surface area contributed by atoms with Crippen molar-refractivity contribution in [3.63, 3.8) is 0 Å². The fourth-order valence-electron chi connectivity index (χ4n) is 10.8. The number of anilines is 3. The van der Waals surface area contributed by atoms with Crippen LogP contribution in [-0.4, -0.2) is 134 Å². The Labute approximate surface area is 432 Å². The van der Waals surface area contributed by atoms with Crippen LogP contribution in [0.1, 0.15) is 108 Å². The van der Waals surface area contributed by atoms with Crippen LogP contribution in [0.15, 0.2) is 73.1 Å². The van der Waals surface area contributed by atoms with Crippen LogP contribution in [0.4, 0.5) is 35.3 Å². The van der Waals surface area contributed by atoms with Gasteiger partial charge in [0.15, 0.2) is 0 Å². The van der Waals surface area contributed by atoms with Crippen LogP contribution < -0.4 is 26.6 Å². The number of aliphatic hydroxyl groups excluding tert-OH is 1. The summed E-state index contributed by atoms with van der Waals surface area (Å²) in [6, 6.07) is 12.7. The van der Waals surface area contributed by atoms with E-state index in [2.05, 4.69) is 47.1 Å². The number of likely N-dealkylation sites (tertiary alicyclic amines) is 3. The maximum atomic E-state index is 13.7. The number of halogens is 3. The minimum Gasteiger partial charge on any atom is -0.383 e. The first-order valence-electron chi connectivity index (χ1n) is 25.7. The van der Waals surface area contributed by atoms with Gasteiger partial charge >= 0.3 is 12.2 Å². The number of fused-ring (bicyclic) bond motifs is 1. The maximum Gasteiger partial charge on any atom is 0.416 e. The van der Waals surface area contributed by atoms with E-state index in [0.29, 0.717) is 66.1 Å². The number of carbonyl (C=O) groups excluding carboxylic acids is 5. The second kappa shape index (κ2) is 22.7. The third-order valence-corrected chi connectivity index (χ3v) is 15.3. The molecule has 396 valence electrons. The summed E-state index contributed by atoms with van der Waals surface area (Å²) in [5.41, 5.74) is 10.4. The molecule has 4 aliphatic heterocycles. The largest absolute Gasteiger partial charge is 0.416 e. The molecule has 21 heteroatoms. The average molecular weight is 1030 g/mol. The molecule has 75 heavy (non-hydrogen) atoms. The molecule has 9 rings (SSSR count). The molecule has 0 bridgehead atoms. The summed E-state index contributed by atoms with van der Waals surface area (Å²) in [6.45, 7) is 6.62. The van der Waals surface area contributed by atoms with Crippen molar-refractivity contribution in [1.82, 2.24) is 45.5 Å². The topological polar surface area (TPSA) is 235 Å². The van der Waals surface area contributed by atoms with E-state index in [1.165, 1.54) is 4.90 Å². The van der Waals surface area contributed by atoms with Crippen LogP contribution in [0.5, 0.6) is 0 Å². The Hall–Kier alpha value is -7.23. The standard InChI is InChI=1S/C54H63F3N12O6/c1-34-10-11-37(30-41(34)69-25-17-43(70)63-52(69)75)51(74)67-28-20-53(21-29-67)18-26-66(27-19-53)33-44(71)68-24-7-9-40(68)50(73)60-22-6-4-2-3-5-8-38-32-61-48(58)45-46(64-65-47(38)45)35-12-14-36(15-13-35)49(72)62-42-31-39(16-23-59-42)54(55,56)57/h5,8,10-16,23,30-32,40,50,60,73H,2-4,6-7,9,17-22,24-29,33H2,1H3,(H2,58,61)(H,64,65)(H,59,62,72)(H,63,70,75)/b8-5+. The number of benzene rings is 2. The summed E-state index contributed by atoms with van der Waals surface area (Å²) in [6.07, 6.45) is 10.2. The lowest BCUT2D eigenvalue weighted by molar-refractivity contribution is -0.138. The lowest BCUT2D eigenvalue weighted by Crippen LogP contribution is -2.53. The van der Waals surface area contributed by atoms with E-state index in [1.807, 2.05) is 28.9 Å². The fraction of sp³-hybridized carbons (Fsp3) is 0.444. The van der Waals surface area contributed by atoms with Crippen molar-refractivity contribution in [3.05, 3.63) is 101 Å². The maximum absolute atomic E-state index is 13.7. The van der Waals surface area contributed by atoms with Crippen LogP contribution in [-0.2, 0) is 15.8 Å². The van der Waals surface area contributed by atoms with Gasteiger partial charge in [0.25, 0.3) is 11.8 Å². The van der Waals surface area contributed by atoms with Gasteiger partial charge in [-0.3, -0.25) is 44.7 Å². The zero-order valence-electron chi connectivity index (χ0n) is 41.9. The van der Waals surface area contributed by atoms with Crippen molar-refractivity contribution in [2.45, 2.75) is 96.0 Å². The summed E-state index contributed by atoms with van der Waals surface area (Å²) in [4.78, 5) is 80.1. The summed E-state index contributed by atoms with van der Waals surface area (Å²) < 4.78 is 39.4. The van der Waals surface area contributed by atoms with Crippen LogP contribution in [0, 0.1) is 12.3 Å². The number of carbonyl (C=O) groups is 5. The summed E-state index contributed by atoms with van der Waals surface area (Å²) in [7, 11) is 0. The number of allylic oxidation sites excluding steroid dienone is 1. The molecule has 0 saturated carbocycles. The number of pyridine rings is 2. The predicted octanol–water partition coefficient (Wildman–Crippen LogP) is 7.12. The number of hydrogen-bond donors (Lipinski definition) is 6. The third kappa shape index (κ3) is 12.2. The van der Waals surface area contributed by atoms with E-state index in [-0.39, 0.29) is 59.3 Å². The second-order valence-electron chi connectivity index (χ2n) is 20.2. The molecule has 6 amide bonds. The van der Waals surface area contributed by atoms with Crippen molar-refractivity contribution < 1.29 is 42.3 Å². The summed E-state index contributed by atoms with van der Waals surface area (Å²) >= 11 is 0. The van der Waals surface area contributed by atoms with Gasteiger partial charge in [0.05, 0.1) is 29.2 Å². The number of urea groups is 1. The molecule has 2 atom stereocenters. The SMILES string of the molecule is Cc1ccc(C(=O)N2CCC3(CCN(CC(=O)N4CCCC4C(O)NCCCCC/C=C/c4cnc(N)c5c(-c6ccc(C(=O)Nc7cc(C(F)(F)F)ccn7)cc6)[nH]nc45)CC3)CC2)cc1N1CCC(=O)NC1=O. The first-order chi connectivity index (χ1) is 36.1. The molecule has 7 N–H and O–H groups in total. The Balaban J connectivity index is 0.676. The number of aliphatic hydroxyl groups is 1. The lowest BCUT2D eigenvalue weighted by atomic mass is 9.71. The number of amides is 6. The molecule has 0 radical (unpaired) electrons. The molecular weight excluding hydrogens is 970 g/mol. The summed E-state index contributed by atoms with van der Waals surface area (Å²) in [5, 5.41) is 27.4. The van der Waals surface area contributed by atoms with Gasteiger partial charge in [0, 0.05) is 72.9 Å². The first kappa shape index (κ1) is 52.6. The minimum absolute atomic E-state index is 0.0442. The van der Waals surface area contributed by atoms with Gasteiger partial charge in [-0.1, -0.05) is 36.8 Å². The van der Waals surface area contributed by atoms with E-state index in [0.717, 1.165) is 107 Å². The molecule has 5 aromatic rings. The molecule has 2 unspecified atom stereocenters. The Morgan fingerprint density at radius 1 is 0.933 bits per heavy atom. The number of nitrogen functional groups attached to an aromatic ring is 1. The van der Waals surface area contributed by atoms with Crippen LogP contribution in [0.3, 0.4) is 0 Å². The van der Waals surface area contributed by atoms with Gasteiger partial charge in [0.2, 0.25) is 11.8 Å². The van der Waals surface area contributed by atoms with Gasteiger partial charge in [-0.25, -0.2) is 14.8 Å². The number of aryl methyl sites for hydroxylation is 1. The molecule has 0 aliphatic carbocycles. The first-order valence-corrected chi connectivity index (χ1v) is 25.7. The Kier molecular flexibility index (Phi) is 15.9. The number of rotatable bonds is 16. The Bertz CT molecular complexity index is 2950. The van der Waals surface area contributed by atoms with Crippen molar-refractivity contribution in [2.75, 3.05) is 68.3 Å². The number of nitrogens with two attached hydrogens (primary N) is 1. The molecule has 3 aromatic heterocycles. The Morgan fingerprint density at radius 2 is 1.68 bits per heavy atom. The Morgan fingerprint density at radius 3 is 2.43 bits per heavy atom. The number of aromatic amines is 1. The predicted molar refractivity (Wildman–Crippen MR) is 277 cm³/mol. The zero-order chi connectivity index (χ0) is 52.9. The van der Waals surface area contributed by atoms with E-state index in [4.69, 9.17) is 5.73 Å². The zero-order valence-corrected chi connectivity index (χ0v) is 41.9. The van der Waals surface area contributed by atoms with E-state index in [1.54, 1.807) is 42.6 Å². The van der Waals surface area contributed by atoms with Gasteiger partial charge in [-0.05, 0) is 132 Å². The molecule has 4 aliphatic rings. The molecule has 4 saturated heterocycles. The highest BCUT2D eigenvalue weighted by molar-refractivity contribution is 6.07. The van der Waals surface area contributed by atoms with E-state index >= 15 is 0 Å². The number of hydrogen-bond acceptors (Lipinski definition) is 12. The number of nitrogens with one attached hydrogen (secondary N) is 4. The highest BCUT2D eigenvalue weighted by Gasteiger charge is 2.41. The summed E-state index contributed by atoms with van der Waals surface area (Å²) in [5.74, 6) is -0.886. The molecule has 18 nitrogen and oxygen atoms in total. The van der Waals surface area contributed by atoms with Crippen LogP contribution >= 0.6 is 0 Å². The average Bonchev–Trinajstić information content (AvgIpc) is 4.10. The van der Waals surface area contributed by atoms with Gasteiger partial charge in [-0.15, -0.1) is 0 Å². The number of H-pyrrole nitrogens is 1. The smallest absolute Gasteiger partial charge is 0.383 e. The minimum atomic E-state index is -4.57. The fourth-order valence-corrected chi connectivity index (χ4v) is 10.8. The number of unbranched alkanes of at least 4 members (excludes halogenated alkanes) is 3. The number of imide groups is 1. The molecule has 1 spiro atoms. The van der Waals surface area contributed by atoms with Gasteiger partial charge < -0.3 is 26.0 Å². The number of alkyl halides is 3. The van der Waals surface area contributed by atoms with Crippen molar-refractivity contribution in [1.29, 1.82) is 0 Å². The van der Waals surface area contributed by atoms with Crippen LogP contribution in [0.2, 0.25) is 0 Å². The lowest BCUT2D eigenvalue weighted by Gasteiger charge is -2.47. The molecule has 7 heterocycles. The quantitative estimate of drug-likeness (QED) is 0.0428. The number of aromatic nitrogens is 4. The molecule has 4 fully saturated rings. The van der Waals surface area contributed by atoms with Crippen LogP contribution in [0.25, 0.3) is 28.2 Å². The van der Waals surface area contributed by atoms with Crippen molar-refractivity contribution in [3.8, 4) is 11.3 Å². The van der Waals surface area contributed by atoms with Gasteiger partial charge in [0.1, 0.15) is 23.4 Å². The van der Waals surface area contributed by atoms with E-state index in [9.17, 15) is 42.3 Å². The monoisotopic (exact) mass is 1030 g/mol. The second-order valence-corrected chi connectivity index (χ2v) is 20.2.